The smallest absolute Gasteiger partial charge is 0.410 e. The number of hydrogen-bond donors (Lipinski definition) is 1. The molecule has 2 saturated heterocycles. The van der Waals surface area contributed by atoms with Gasteiger partial charge in [-0.3, -0.25) is 29.4 Å². The fourth-order valence-corrected chi connectivity index (χ4v) is 3.27. The number of carbonyl (C=O) groups excluding carboxylic acids is 8. The van der Waals surface area contributed by atoms with Gasteiger partial charge in [0.1, 0.15) is 17.7 Å². The largest absolute Gasteiger partial charge is 0.458 e. The molecular weight excluding hydrogens is 536 g/mol. The first kappa shape index (κ1) is 32.1. The molecule has 16 nitrogen and oxygen atoms in total. The molecule has 0 aliphatic carbocycles. The summed E-state index contributed by atoms with van der Waals surface area (Å²) in [5.74, 6) is -6.46. The van der Waals surface area contributed by atoms with Gasteiger partial charge in [-0.25, -0.2) is 19.2 Å². The van der Waals surface area contributed by atoms with Gasteiger partial charge in [-0.2, -0.15) is 0 Å². The van der Waals surface area contributed by atoms with Crippen molar-refractivity contribution in [2.75, 3.05) is 19.6 Å². The Labute approximate surface area is 230 Å². The lowest BCUT2D eigenvalue weighted by Gasteiger charge is -2.28. The summed E-state index contributed by atoms with van der Waals surface area (Å²) >= 11 is 0. The molecule has 16 heteroatoms. The molecule has 2 fully saturated rings. The number of hydroxylamine groups is 4. The first-order valence-electron chi connectivity index (χ1n) is 12.5. The first-order chi connectivity index (χ1) is 18.4. The minimum atomic E-state index is -1.83. The van der Waals surface area contributed by atoms with E-state index in [1.165, 1.54) is 0 Å². The van der Waals surface area contributed by atoms with E-state index in [9.17, 15) is 38.4 Å². The number of imide groups is 2. The molecular formula is C24H34N4O12. The number of esters is 1. The summed E-state index contributed by atoms with van der Waals surface area (Å²) in [6.45, 7) is 7.96. The lowest BCUT2D eigenvalue weighted by atomic mass is 10.2. The zero-order chi connectivity index (χ0) is 30.4. The summed E-state index contributed by atoms with van der Waals surface area (Å²) in [5, 5.41) is 3.13. The van der Waals surface area contributed by atoms with E-state index in [-0.39, 0.29) is 43.8 Å². The third-order valence-electron chi connectivity index (χ3n) is 4.97. The predicted octanol–water partition coefficient (Wildman–Crippen LogP) is -0.262. The standard InChI is InChI=1S/C24H34N4O12/c1-23(2,3)37-20(34)19(21(35)40-28-16(31)9-10-17(28)32)25-11-12-26(22(36)38-24(4,5)6)13-18(33)39-27-14(29)7-8-15(27)30/h19,25H,7-13H2,1-6H3. The van der Waals surface area contributed by atoms with Crippen molar-refractivity contribution in [3.05, 3.63) is 0 Å². The molecule has 40 heavy (non-hydrogen) atoms. The van der Waals surface area contributed by atoms with Gasteiger partial charge in [0.05, 0.1) is 0 Å². The third-order valence-corrected chi connectivity index (χ3v) is 4.97. The Balaban J connectivity index is 2.14. The number of rotatable bonds is 10. The van der Waals surface area contributed by atoms with Crippen molar-refractivity contribution in [3.8, 4) is 0 Å². The van der Waals surface area contributed by atoms with Gasteiger partial charge in [0.25, 0.3) is 23.6 Å². The maximum Gasteiger partial charge on any atom is 0.410 e. The Morgan fingerprint density at radius 1 is 0.750 bits per heavy atom. The number of amides is 5. The van der Waals surface area contributed by atoms with Crippen LogP contribution in [0.15, 0.2) is 0 Å². The molecule has 0 bridgehead atoms. The lowest BCUT2D eigenvalue weighted by Crippen LogP contribution is -2.52. The highest BCUT2D eigenvalue weighted by Crippen LogP contribution is 2.16. The zero-order valence-corrected chi connectivity index (χ0v) is 23.3. The van der Waals surface area contributed by atoms with Crippen molar-refractivity contribution in [3.63, 3.8) is 0 Å². The van der Waals surface area contributed by atoms with Crippen LogP contribution in [0.2, 0.25) is 0 Å². The predicted molar refractivity (Wildman–Crippen MR) is 130 cm³/mol. The molecule has 0 aromatic carbocycles. The Morgan fingerprint density at radius 3 is 1.65 bits per heavy atom. The van der Waals surface area contributed by atoms with Crippen LogP contribution in [0.5, 0.6) is 0 Å². The van der Waals surface area contributed by atoms with E-state index in [1.807, 2.05) is 0 Å². The van der Waals surface area contributed by atoms with Crippen LogP contribution < -0.4 is 5.32 Å². The molecule has 1 atom stereocenters. The van der Waals surface area contributed by atoms with Crippen LogP contribution in [0, 0.1) is 0 Å². The number of carbonyl (C=O) groups is 8. The molecule has 2 heterocycles. The average Bonchev–Trinajstić information content (AvgIpc) is 3.28. The molecule has 0 aromatic rings. The molecule has 1 unspecified atom stereocenters. The van der Waals surface area contributed by atoms with E-state index >= 15 is 0 Å². The Bertz CT molecular complexity index is 1040. The minimum absolute atomic E-state index is 0.122. The lowest BCUT2D eigenvalue weighted by molar-refractivity contribution is -0.201. The van der Waals surface area contributed by atoms with E-state index < -0.39 is 71.4 Å². The van der Waals surface area contributed by atoms with E-state index in [0.717, 1.165) is 4.90 Å². The molecule has 0 aromatic heterocycles. The molecule has 0 saturated carbocycles. The minimum Gasteiger partial charge on any atom is -0.458 e. The van der Waals surface area contributed by atoms with Crippen LogP contribution in [0.1, 0.15) is 67.2 Å². The van der Waals surface area contributed by atoms with Crippen molar-refractivity contribution in [2.24, 2.45) is 0 Å². The molecule has 2 aliphatic heterocycles. The zero-order valence-electron chi connectivity index (χ0n) is 23.3. The molecule has 222 valence electrons. The van der Waals surface area contributed by atoms with E-state index in [0.29, 0.717) is 5.06 Å². The van der Waals surface area contributed by atoms with Gasteiger partial charge in [0, 0.05) is 38.8 Å². The van der Waals surface area contributed by atoms with Crippen LogP contribution >= 0.6 is 0 Å². The summed E-state index contributed by atoms with van der Waals surface area (Å²) in [7, 11) is 0. The van der Waals surface area contributed by atoms with Crippen LogP contribution in [0.4, 0.5) is 4.79 Å². The van der Waals surface area contributed by atoms with Crippen LogP contribution in [-0.4, -0.2) is 99.5 Å². The highest BCUT2D eigenvalue weighted by Gasteiger charge is 2.39. The van der Waals surface area contributed by atoms with Gasteiger partial charge < -0.3 is 19.1 Å². The third kappa shape index (κ3) is 9.59. The molecule has 0 radical (unpaired) electrons. The van der Waals surface area contributed by atoms with Crippen molar-refractivity contribution >= 4 is 47.6 Å². The van der Waals surface area contributed by atoms with Crippen molar-refractivity contribution in [1.29, 1.82) is 0 Å². The number of ether oxygens (including phenoxy) is 2. The van der Waals surface area contributed by atoms with Gasteiger partial charge >= 0.3 is 24.0 Å². The Morgan fingerprint density at radius 2 is 1.20 bits per heavy atom. The fourth-order valence-electron chi connectivity index (χ4n) is 3.27. The summed E-state index contributed by atoms with van der Waals surface area (Å²) in [6, 6.07) is -1.83. The number of hydrogen-bond acceptors (Lipinski definition) is 13. The topological polar surface area (TPSA) is 195 Å². The fraction of sp³-hybridized carbons (Fsp3) is 0.667. The van der Waals surface area contributed by atoms with Crippen LogP contribution in [0.25, 0.3) is 0 Å². The van der Waals surface area contributed by atoms with Gasteiger partial charge in [-0.15, -0.1) is 10.1 Å². The van der Waals surface area contributed by atoms with E-state index in [1.54, 1.807) is 41.5 Å². The summed E-state index contributed by atoms with van der Waals surface area (Å²) in [4.78, 5) is 108. The van der Waals surface area contributed by atoms with Crippen LogP contribution in [0.3, 0.4) is 0 Å². The van der Waals surface area contributed by atoms with Gasteiger partial charge in [0.2, 0.25) is 6.04 Å². The van der Waals surface area contributed by atoms with Crippen LogP contribution in [-0.2, 0) is 52.7 Å². The highest BCUT2D eigenvalue weighted by atomic mass is 16.7. The van der Waals surface area contributed by atoms with Crippen molar-refractivity contribution in [2.45, 2.75) is 84.5 Å². The Kier molecular flexibility index (Phi) is 10.3. The molecule has 2 rings (SSSR count). The van der Waals surface area contributed by atoms with Gasteiger partial charge in [-0.05, 0) is 41.5 Å². The number of nitrogens with zero attached hydrogens (tertiary/aromatic N) is 3. The second kappa shape index (κ2) is 12.8. The second-order valence-corrected chi connectivity index (χ2v) is 10.9. The maximum atomic E-state index is 12.8. The monoisotopic (exact) mass is 570 g/mol. The Hall–Kier alpha value is -4.08. The summed E-state index contributed by atoms with van der Waals surface area (Å²) in [6.07, 6.45) is -1.54. The highest BCUT2D eigenvalue weighted by molar-refractivity contribution is 6.04. The maximum absolute atomic E-state index is 12.8. The molecule has 0 spiro atoms. The molecule has 1 N–H and O–H groups in total. The van der Waals surface area contributed by atoms with Crippen molar-refractivity contribution in [1.82, 2.24) is 20.3 Å². The molecule has 2 aliphatic rings. The normalized spacial score (nSPS) is 16.6. The van der Waals surface area contributed by atoms with Crippen molar-refractivity contribution < 1.29 is 57.5 Å². The van der Waals surface area contributed by atoms with Gasteiger partial charge in [-0.1, -0.05) is 0 Å². The second-order valence-electron chi connectivity index (χ2n) is 10.9. The van der Waals surface area contributed by atoms with E-state index in [4.69, 9.17) is 19.1 Å². The average molecular weight is 571 g/mol. The number of nitrogens with one attached hydrogen (secondary N) is 1. The van der Waals surface area contributed by atoms with Gasteiger partial charge in [0.15, 0.2) is 0 Å². The van der Waals surface area contributed by atoms with E-state index in [2.05, 4.69) is 5.32 Å². The molecule has 5 amide bonds. The SMILES string of the molecule is CC(C)(C)OC(=O)C(NCCN(CC(=O)ON1C(=O)CCC1=O)C(=O)OC(C)(C)C)C(=O)ON1C(=O)CCC1=O. The summed E-state index contributed by atoms with van der Waals surface area (Å²) in [5.41, 5.74) is -1.99. The summed E-state index contributed by atoms with van der Waals surface area (Å²) < 4.78 is 10.5. The quantitative estimate of drug-likeness (QED) is 0.205. The first-order valence-corrected chi connectivity index (χ1v) is 12.5.